The van der Waals surface area contributed by atoms with Gasteiger partial charge < -0.3 is 19.9 Å². The molecule has 0 aliphatic carbocycles. The summed E-state index contributed by atoms with van der Waals surface area (Å²) in [5.74, 6) is 6.22. The number of amides is 1. The first-order chi connectivity index (χ1) is 19.9. The number of alkyl carbamates (subject to hydrolysis) is 1. The van der Waals surface area contributed by atoms with Crippen LogP contribution in [0.3, 0.4) is 0 Å². The number of carbonyl (C=O) groups is 1. The van der Waals surface area contributed by atoms with Gasteiger partial charge in [-0.05, 0) is 55.5 Å². The highest BCUT2D eigenvalue weighted by Gasteiger charge is 2.25. The van der Waals surface area contributed by atoms with Crippen molar-refractivity contribution in [3.8, 4) is 11.8 Å². The average molecular weight is 573 g/mol. The first kappa shape index (κ1) is 26.7. The minimum absolute atomic E-state index is 0.0697. The standard InChI is InChI=1S/C30H26F2N6O2S/c1-2-33-30(39)40-23-13-21(34-15-23)4-6-24-14-26-28(41-24)29(36-17-35-26)37-22-5-8-27-18(12-22)9-10-38(27)16-19-11-20(31)3-7-25(19)32/h3,5,7-12,14,17,21,23,34H,2,13,15-16H2,1H3,(H,33,39)(H,35,36,37)/t21-,23-/m1/s1. The highest BCUT2D eigenvalue weighted by Crippen LogP contribution is 2.32. The monoisotopic (exact) mass is 572 g/mol. The van der Waals surface area contributed by atoms with Crippen molar-refractivity contribution in [2.24, 2.45) is 0 Å². The third-order valence-corrected chi connectivity index (χ3v) is 7.79. The van der Waals surface area contributed by atoms with Gasteiger partial charge in [-0.1, -0.05) is 11.8 Å². The summed E-state index contributed by atoms with van der Waals surface area (Å²) in [6.07, 6.45) is 3.38. The SMILES string of the molecule is CCNC(=O)O[C@H]1CN[C@H](C#Cc2cc3ncnc(Nc4ccc5c(ccn5Cc5cc(F)ccc5F)c4)c3s2)C1. The molecule has 0 saturated carbocycles. The van der Waals surface area contributed by atoms with Gasteiger partial charge in [-0.15, -0.1) is 11.3 Å². The molecule has 0 radical (unpaired) electrons. The molecule has 11 heteroatoms. The molecule has 2 atom stereocenters. The van der Waals surface area contributed by atoms with Crippen LogP contribution < -0.4 is 16.0 Å². The molecule has 1 aliphatic rings. The molecule has 8 nitrogen and oxygen atoms in total. The van der Waals surface area contributed by atoms with E-state index in [0.29, 0.717) is 30.9 Å². The number of aromatic nitrogens is 3. The Morgan fingerprint density at radius 2 is 2.10 bits per heavy atom. The zero-order chi connectivity index (χ0) is 28.3. The quantitative estimate of drug-likeness (QED) is 0.231. The van der Waals surface area contributed by atoms with Gasteiger partial charge >= 0.3 is 6.09 Å². The second-order valence-electron chi connectivity index (χ2n) is 9.65. The Kier molecular flexibility index (Phi) is 7.50. The van der Waals surface area contributed by atoms with Gasteiger partial charge in [0.25, 0.3) is 0 Å². The molecule has 3 aromatic heterocycles. The molecule has 3 N–H and O–H groups in total. The predicted octanol–water partition coefficient (Wildman–Crippen LogP) is 5.54. The molecular weight excluding hydrogens is 546 g/mol. The molecular formula is C30H26F2N6O2S. The van der Waals surface area contributed by atoms with Gasteiger partial charge in [0.2, 0.25) is 0 Å². The smallest absolute Gasteiger partial charge is 0.407 e. The number of benzene rings is 2. The third kappa shape index (κ3) is 5.99. The molecule has 5 aromatic rings. The fourth-order valence-electron chi connectivity index (χ4n) is 4.80. The lowest BCUT2D eigenvalue weighted by molar-refractivity contribution is 0.107. The van der Waals surface area contributed by atoms with E-state index in [9.17, 15) is 13.6 Å². The Morgan fingerprint density at radius 3 is 2.98 bits per heavy atom. The lowest BCUT2D eigenvalue weighted by Crippen LogP contribution is -2.29. The van der Waals surface area contributed by atoms with Crippen molar-refractivity contribution in [3.63, 3.8) is 0 Å². The number of carbonyl (C=O) groups excluding carboxylic acids is 1. The van der Waals surface area contributed by atoms with Crippen LogP contribution in [0.2, 0.25) is 0 Å². The van der Waals surface area contributed by atoms with E-state index in [4.69, 9.17) is 4.74 Å². The maximum absolute atomic E-state index is 14.2. The molecule has 0 bridgehead atoms. The fourth-order valence-corrected chi connectivity index (χ4v) is 5.72. The molecule has 0 unspecified atom stereocenters. The van der Waals surface area contributed by atoms with Crippen molar-refractivity contribution in [3.05, 3.63) is 83.1 Å². The third-order valence-electron chi connectivity index (χ3n) is 6.75. The zero-order valence-corrected chi connectivity index (χ0v) is 22.9. The van der Waals surface area contributed by atoms with Crippen LogP contribution in [-0.4, -0.2) is 45.9 Å². The predicted molar refractivity (Wildman–Crippen MR) is 155 cm³/mol. The first-order valence-electron chi connectivity index (χ1n) is 13.2. The van der Waals surface area contributed by atoms with Gasteiger partial charge in [0.1, 0.15) is 24.1 Å². The largest absolute Gasteiger partial charge is 0.445 e. The molecule has 1 saturated heterocycles. The molecule has 4 heterocycles. The molecule has 41 heavy (non-hydrogen) atoms. The van der Waals surface area contributed by atoms with Crippen molar-refractivity contribution in [1.82, 2.24) is 25.2 Å². The highest BCUT2D eigenvalue weighted by molar-refractivity contribution is 7.20. The number of nitrogens with zero attached hydrogens (tertiary/aromatic N) is 3. The second-order valence-corrected chi connectivity index (χ2v) is 10.7. The minimum atomic E-state index is -0.463. The Bertz CT molecular complexity index is 1810. The number of nitrogens with one attached hydrogen (secondary N) is 3. The van der Waals surface area contributed by atoms with E-state index in [1.54, 1.807) is 0 Å². The van der Waals surface area contributed by atoms with E-state index in [1.165, 1.54) is 23.7 Å². The number of thiophene rings is 1. The summed E-state index contributed by atoms with van der Waals surface area (Å²) in [6.45, 7) is 3.16. The first-order valence-corrected chi connectivity index (χ1v) is 14.0. The van der Waals surface area contributed by atoms with E-state index in [2.05, 4.69) is 37.8 Å². The van der Waals surface area contributed by atoms with Gasteiger partial charge in [-0.3, -0.25) is 5.32 Å². The van der Waals surface area contributed by atoms with E-state index in [1.807, 2.05) is 48.0 Å². The van der Waals surface area contributed by atoms with Crippen molar-refractivity contribution in [2.75, 3.05) is 18.4 Å². The van der Waals surface area contributed by atoms with E-state index >= 15 is 0 Å². The minimum Gasteiger partial charge on any atom is -0.445 e. The van der Waals surface area contributed by atoms with Crippen LogP contribution in [0.25, 0.3) is 21.1 Å². The van der Waals surface area contributed by atoms with E-state index in [-0.39, 0.29) is 18.7 Å². The Balaban J connectivity index is 1.16. The number of rotatable bonds is 6. The molecule has 0 spiro atoms. The van der Waals surface area contributed by atoms with Gasteiger partial charge in [-0.25, -0.2) is 23.5 Å². The van der Waals surface area contributed by atoms with Gasteiger partial charge in [0.15, 0.2) is 5.82 Å². The fraction of sp³-hybridized carbons (Fsp3) is 0.233. The molecule has 1 aliphatic heterocycles. The lowest BCUT2D eigenvalue weighted by Gasteiger charge is -2.10. The summed E-state index contributed by atoms with van der Waals surface area (Å²) in [5.41, 5.74) is 2.82. The molecule has 6 rings (SSSR count). The van der Waals surface area contributed by atoms with Gasteiger partial charge in [0.05, 0.1) is 27.7 Å². The van der Waals surface area contributed by atoms with E-state index < -0.39 is 17.7 Å². The summed E-state index contributed by atoms with van der Waals surface area (Å²) in [6, 6.07) is 13.1. The zero-order valence-electron chi connectivity index (χ0n) is 22.1. The molecule has 208 valence electrons. The number of hydrogen-bond donors (Lipinski definition) is 3. The Labute approximate surface area is 238 Å². The average Bonchev–Trinajstić information content (AvgIpc) is 3.68. The molecule has 1 fully saturated rings. The van der Waals surface area contributed by atoms with Crippen LogP contribution in [0, 0.1) is 23.5 Å². The summed E-state index contributed by atoms with van der Waals surface area (Å²) in [5, 5.41) is 10.3. The number of halogens is 2. The van der Waals surface area contributed by atoms with Crippen LogP contribution >= 0.6 is 11.3 Å². The second kappa shape index (κ2) is 11.5. The molecule has 1 amide bonds. The lowest BCUT2D eigenvalue weighted by atomic mass is 10.2. The Morgan fingerprint density at radius 1 is 1.20 bits per heavy atom. The van der Waals surface area contributed by atoms with Crippen molar-refractivity contribution in [1.29, 1.82) is 0 Å². The number of hydrogen-bond acceptors (Lipinski definition) is 7. The summed E-state index contributed by atoms with van der Waals surface area (Å²) >= 11 is 1.50. The maximum Gasteiger partial charge on any atom is 0.407 e. The summed E-state index contributed by atoms with van der Waals surface area (Å²) < 4.78 is 36.0. The maximum atomic E-state index is 14.2. The number of ether oxygens (including phenoxy) is 1. The van der Waals surface area contributed by atoms with Crippen molar-refractivity contribution in [2.45, 2.75) is 32.0 Å². The normalized spacial score (nSPS) is 16.5. The summed E-state index contributed by atoms with van der Waals surface area (Å²) in [7, 11) is 0. The van der Waals surface area contributed by atoms with Gasteiger partial charge in [0, 0.05) is 47.9 Å². The molecule has 2 aromatic carbocycles. The van der Waals surface area contributed by atoms with E-state index in [0.717, 1.165) is 43.8 Å². The Hall–Kier alpha value is -4.53. The van der Waals surface area contributed by atoms with Crippen LogP contribution in [0.1, 0.15) is 23.8 Å². The van der Waals surface area contributed by atoms with Crippen LogP contribution in [-0.2, 0) is 11.3 Å². The number of fused-ring (bicyclic) bond motifs is 2. The van der Waals surface area contributed by atoms with Crippen LogP contribution in [0.4, 0.5) is 25.1 Å². The number of anilines is 2. The topological polar surface area (TPSA) is 93.1 Å². The van der Waals surface area contributed by atoms with Gasteiger partial charge in [-0.2, -0.15) is 0 Å². The van der Waals surface area contributed by atoms with Crippen LogP contribution in [0.5, 0.6) is 0 Å². The van der Waals surface area contributed by atoms with Crippen molar-refractivity contribution >= 4 is 50.1 Å². The van der Waals surface area contributed by atoms with Crippen LogP contribution in [0.15, 0.2) is 61.1 Å². The van der Waals surface area contributed by atoms with Crippen molar-refractivity contribution < 1.29 is 18.3 Å². The summed E-state index contributed by atoms with van der Waals surface area (Å²) in [4.78, 5) is 21.4. The highest BCUT2D eigenvalue weighted by atomic mass is 32.1.